The van der Waals surface area contributed by atoms with Crippen molar-refractivity contribution >= 4 is 11.0 Å². The molecule has 2 atom stereocenters. The average molecular weight is 288 g/mol. The molecule has 0 fully saturated rings. The lowest BCUT2D eigenvalue weighted by molar-refractivity contribution is 0.185. The lowest BCUT2D eigenvalue weighted by Gasteiger charge is -2.30. The molecule has 1 heterocycles. The van der Waals surface area contributed by atoms with Gasteiger partial charge in [-0.2, -0.15) is 0 Å². The van der Waals surface area contributed by atoms with Crippen LogP contribution in [-0.2, 0) is 0 Å². The summed E-state index contributed by atoms with van der Waals surface area (Å²) < 4.78 is 6.05. The van der Waals surface area contributed by atoms with Crippen LogP contribution in [0.5, 0.6) is 0 Å². The van der Waals surface area contributed by atoms with Gasteiger partial charge in [0.25, 0.3) is 0 Å². The molecule has 0 saturated carbocycles. The Morgan fingerprint density at radius 2 is 1.95 bits per heavy atom. The maximum absolute atomic E-state index is 6.05. The van der Waals surface area contributed by atoms with E-state index >= 15 is 0 Å². The summed E-state index contributed by atoms with van der Waals surface area (Å²) in [6, 6.07) is 11.2. The molecular formula is C18H28N2O. The van der Waals surface area contributed by atoms with E-state index in [4.69, 9.17) is 4.42 Å². The van der Waals surface area contributed by atoms with E-state index in [1.165, 1.54) is 11.8 Å². The van der Waals surface area contributed by atoms with Crippen LogP contribution in [-0.4, -0.2) is 30.6 Å². The summed E-state index contributed by atoms with van der Waals surface area (Å²) in [4.78, 5) is 2.51. The molecule has 0 spiro atoms. The van der Waals surface area contributed by atoms with Gasteiger partial charge >= 0.3 is 0 Å². The first kappa shape index (κ1) is 16.1. The van der Waals surface area contributed by atoms with Gasteiger partial charge in [-0.1, -0.05) is 39.0 Å². The summed E-state index contributed by atoms with van der Waals surface area (Å²) in [6.45, 7) is 11.9. The van der Waals surface area contributed by atoms with E-state index in [9.17, 15) is 0 Å². The van der Waals surface area contributed by atoms with Crippen molar-refractivity contribution in [2.45, 2.75) is 46.2 Å². The van der Waals surface area contributed by atoms with Crippen LogP contribution in [0.2, 0.25) is 0 Å². The third kappa shape index (κ3) is 3.86. The van der Waals surface area contributed by atoms with Crippen LogP contribution in [0, 0.1) is 0 Å². The van der Waals surface area contributed by atoms with Crippen LogP contribution in [0.4, 0.5) is 0 Å². The number of nitrogens with zero attached hydrogens (tertiary/aromatic N) is 1. The Hall–Kier alpha value is -1.32. The van der Waals surface area contributed by atoms with Crippen molar-refractivity contribution in [1.29, 1.82) is 0 Å². The fourth-order valence-corrected chi connectivity index (χ4v) is 2.79. The fourth-order valence-electron chi connectivity index (χ4n) is 2.79. The standard InChI is InChI=1S/C18H28N2O/c1-5-14(4)20(7-3)13-16(19-6-2)18-12-15-10-8-9-11-17(15)21-18/h8-12,14,16,19H,5-7,13H2,1-4H3. The minimum absolute atomic E-state index is 0.247. The molecule has 2 rings (SSSR count). The normalized spacial score (nSPS) is 14.7. The van der Waals surface area contributed by atoms with Gasteiger partial charge in [-0.25, -0.2) is 0 Å². The highest BCUT2D eigenvalue weighted by molar-refractivity contribution is 5.77. The zero-order valence-corrected chi connectivity index (χ0v) is 13.7. The third-order valence-electron chi connectivity index (χ3n) is 4.28. The van der Waals surface area contributed by atoms with E-state index in [0.29, 0.717) is 6.04 Å². The van der Waals surface area contributed by atoms with Gasteiger partial charge in [-0.05, 0) is 38.6 Å². The number of hydrogen-bond acceptors (Lipinski definition) is 3. The van der Waals surface area contributed by atoms with Crippen LogP contribution in [0.1, 0.15) is 45.9 Å². The Balaban J connectivity index is 2.21. The molecule has 1 aromatic carbocycles. The molecule has 116 valence electrons. The fraction of sp³-hybridized carbons (Fsp3) is 0.556. The number of para-hydroxylation sites is 1. The van der Waals surface area contributed by atoms with Crippen LogP contribution in [0.15, 0.2) is 34.7 Å². The number of rotatable bonds is 8. The quantitative estimate of drug-likeness (QED) is 0.789. The molecule has 21 heavy (non-hydrogen) atoms. The zero-order valence-electron chi connectivity index (χ0n) is 13.7. The maximum atomic E-state index is 6.05. The first-order chi connectivity index (χ1) is 10.2. The van der Waals surface area contributed by atoms with Gasteiger partial charge in [0, 0.05) is 18.0 Å². The summed E-state index contributed by atoms with van der Waals surface area (Å²) in [6.07, 6.45) is 1.17. The molecule has 2 unspecified atom stereocenters. The molecule has 0 radical (unpaired) electrons. The Bertz CT molecular complexity index is 516. The van der Waals surface area contributed by atoms with Crippen LogP contribution in [0.25, 0.3) is 11.0 Å². The zero-order chi connectivity index (χ0) is 15.2. The Labute approximate surface area is 128 Å². The highest BCUT2D eigenvalue weighted by Gasteiger charge is 2.20. The average Bonchev–Trinajstić information content (AvgIpc) is 2.94. The van der Waals surface area contributed by atoms with E-state index < -0.39 is 0 Å². The van der Waals surface area contributed by atoms with Crippen molar-refractivity contribution < 1.29 is 4.42 Å². The van der Waals surface area contributed by atoms with Crippen molar-refractivity contribution in [3.63, 3.8) is 0 Å². The van der Waals surface area contributed by atoms with Gasteiger partial charge in [-0.3, -0.25) is 4.90 Å². The minimum Gasteiger partial charge on any atom is -0.459 e. The number of furan rings is 1. The van der Waals surface area contributed by atoms with Crippen molar-refractivity contribution in [2.75, 3.05) is 19.6 Å². The van der Waals surface area contributed by atoms with Crippen LogP contribution < -0.4 is 5.32 Å². The number of hydrogen-bond donors (Lipinski definition) is 1. The smallest absolute Gasteiger partial charge is 0.134 e. The summed E-state index contributed by atoms with van der Waals surface area (Å²) in [7, 11) is 0. The van der Waals surface area contributed by atoms with Gasteiger partial charge in [0.1, 0.15) is 11.3 Å². The summed E-state index contributed by atoms with van der Waals surface area (Å²) >= 11 is 0. The Morgan fingerprint density at radius 3 is 2.57 bits per heavy atom. The SMILES string of the molecule is CCNC(CN(CC)C(C)CC)c1cc2ccccc2o1. The summed E-state index contributed by atoms with van der Waals surface area (Å²) in [5, 5.41) is 4.75. The van der Waals surface area contributed by atoms with Gasteiger partial charge in [-0.15, -0.1) is 0 Å². The van der Waals surface area contributed by atoms with Crippen LogP contribution >= 0.6 is 0 Å². The molecule has 0 aliphatic heterocycles. The van der Waals surface area contributed by atoms with E-state index in [1.807, 2.05) is 12.1 Å². The minimum atomic E-state index is 0.247. The predicted octanol–water partition coefficient (Wildman–Crippen LogP) is 4.20. The second-order valence-corrected chi connectivity index (χ2v) is 5.64. The van der Waals surface area contributed by atoms with E-state index in [-0.39, 0.29) is 6.04 Å². The second kappa shape index (κ2) is 7.62. The molecule has 1 N–H and O–H groups in total. The Morgan fingerprint density at radius 1 is 1.19 bits per heavy atom. The Kier molecular flexibility index (Phi) is 5.83. The molecule has 0 aliphatic rings. The molecule has 3 heteroatoms. The molecule has 2 aromatic rings. The molecule has 0 saturated heterocycles. The number of benzene rings is 1. The van der Waals surface area contributed by atoms with E-state index in [0.717, 1.165) is 31.0 Å². The predicted molar refractivity (Wildman–Crippen MR) is 89.6 cm³/mol. The highest BCUT2D eigenvalue weighted by Crippen LogP contribution is 2.25. The molecule has 0 aliphatic carbocycles. The molecule has 0 bridgehead atoms. The van der Waals surface area contributed by atoms with Gasteiger partial charge in [0.2, 0.25) is 0 Å². The second-order valence-electron chi connectivity index (χ2n) is 5.64. The van der Waals surface area contributed by atoms with E-state index in [1.54, 1.807) is 0 Å². The topological polar surface area (TPSA) is 28.4 Å². The molecule has 0 amide bonds. The number of likely N-dealkylation sites (N-methyl/N-ethyl adjacent to an activating group) is 2. The lowest BCUT2D eigenvalue weighted by atomic mass is 10.1. The van der Waals surface area contributed by atoms with Gasteiger partial charge in [0.05, 0.1) is 6.04 Å². The maximum Gasteiger partial charge on any atom is 0.134 e. The van der Waals surface area contributed by atoms with Crippen LogP contribution in [0.3, 0.4) is 0 Å². The molecular weight excluding hydrogens is 260 g/mol. The molecule has 1 aromatic heterocycles. The highest BCUT2D eigenvalue weighted by atomic mass is 16.3. The summed E-state index contributed by atoms with van der Waals surface area (Å²) in [5.74, 6) is 1.04. The largest absolute Gasteiger partial charge is 0.459 e. The monoisotopic (exact) mass is 288 g/mol. The van der Waals surface area contributed by atoms with Gasteiger partial charge in [0.15, 0.2) is 0 Å². The lowest BCUT2D eigenvalue weighted by Crippen LogP contribution is -2.39. The van der Waals surface area contributed by atoms with Crippen molar-refractivity contribution in [3.8, 4) is 0 Å². The third-order valence-corrected chi connectivity index (χ3v) is 4.28. The van der Waals surface area contributed by atoms with Crippen molar-refractivity contribution in [3.05, 3.63) is 36.1 Å². The van der Waals surface area contributed by atoms with E-state index in [2.05, 4.69) is 56.1 Å². The first-order valence-electron chi connectivity index (χ1n) is 8.15. The first-order valence-corrected chi connectivity index (χ1v) is 8.15. The summed E-state index contributed by atoms with van der Waals surface area (Å²) in [5.41, 5.74) is 0.974. The number of fused-ring (bicyclic) bond motifs is 1. The number of nitrogens with one attached hydrogen (secondary N) is 1. The van der Waals surface area contributed by atoms with Crippen molar-refractivity contribution in [2.24, 2.45) is 0 Å². The molecule has 3 nitrogen and oxygen atoms in total. The van der Waals surface area contributed by atoms with Crippen molar-refractivity contribution in [1.82, 2.24) is 10.2 Å². The van der Waals surface area contributed by atoms with Gasteiger partial charge < -0.3 is 9.73 Å².